The molecule has 0 fully saturated rings. The van der Waals surface area contributed by atoms with Crippen molar-refractivity contribution >= 4 is 5.76 Å². The van der Waals surface area contributed by atoms with Gasteiger partial charge in [0, 0.05) is 31.1 Å². The third-order valence-electron chi connectivity index (χ3n) is 5.88. The molecule has 0 saturated heterocycles. The van der Waals surface area contributed by atoms with Gasteiger partial charge in [0.25, 0.3) is 0 Å². The van der Waals surface area contributed by atoms with Crippen LogP contribution in [0.4, 0.5) is 13.2 Å². The quantitative estimate of drug-likeness (QED) is 0.398. The molecule has 3 aromatic rings. The Kier molecular flexibility index (Phi) is 6.66. The highest BCUT2D eigenvalue weighted by atomic mass is 19.4. The maximum atomic E-state index is 12.9. The average Bonchev–Trinajstić information content (AvgIpc) is 3.29. The highest BCUT2D eigenvalue weighted by molar-refractivity contribution is 5.62. The molecule has 0 bridgehead atoms. The highest BCUT2D eigenvalue weighted by Crippen LogP contribution is 2.33. The van der Waals surface area contributed by atoms with Crippen molar-refractivity contribution in [1.82, 2.24) is 4.90 Å². The van der Waals surface area contributed by atoms with Crippen LogP contribution in [0.5, 0.6) is 0 Å². The molecule has 0 aliphatic carbocycles. The van der Waals surface area contributed by atoms with Gasteiger partial charge in [-0.05, 0) is 36.3 Å². The van der Waals surface area contributed by atoms with Crippen LogP contribution in [-0.4, -0.2) is 17.0 Å². The lowest BCUT2D eigenvalue weighted by molar-refractivity contribution is -0.137. The van der Waals surface area contributed by atoms with Gasteiger partial charge in [-0.25, -0.2) is 0 Å². The fraction of sp³-hybridized carbons (Fsp3) is 0.259. The van der Waals surface area contributed by atoms with Crippen molar-refractivity contribution < 1.29 is 17.9 Å². The molecule has 2 nitrogen and oxygen atoms in total. The summed E-state index contributed by atoms with van der Waals surface area (Å²) >= 11 is 0. The predicted octanol–water partition coefficient (Wildman–Crippen LogP) is 6.93. The number of benzene rings is 3. The summed E-state index contributed by atoms with van der Waals surface area (Å²) in [6.45, 7) is 3.72. The van der Waals surface area contributed by atoms with Gasteiger partial charge in [-0.15, -0.1) is 0 Å². The van der Waals surface area contributed by atoms with Crippen molar-refractivity contribution in [2.24, 2.45) is 0 Å². The Balaban J connectivity index is 1.47. The zero-order chi connectivity index (χ0) is 22.6. The monoisotopic (exact) mass is 437 g/mol. The van der Waals surface area contributed by atoms with Crippen LogP contribution in [0.2, 0.25) is 0 Å². The van der Waals surface area contributed by atoms with Crippen LogP contribution in [-0.2, 0) is 24.0 Å². The van der Waals surface area contributed by atoms with E-state index in [0.29, 0.717) is 11.3 Å². The van der Waals surface area contributed by atoms with Crippen molar-refractivity contribution in [3.63, 3.8) is 0 Å². The van der Waals surface area contributed by atoms with Crippen molar-refractivity contribution in [2.45, 2.75) is 44.8 Å². The van der Waals surface area contributed by atoms with E-state index in [1.165, 1.54) is 23.3 Å². The second-order valence-corrected chi connectivity index (χ2v) is 8.15. The van der Waals surface area contributed by atoms with Gasteiger partial charge in [-0.2, -0.15) is 13.2 Å². The van der Waals surface area contributed by atoms with Crippen LogP contribution in [0.15, 0.2) is 91.0 Å². The van der Waals surface area contributed by atoms with E-state index in [1.807, 2.05) is 42.5 Å². The highest BCUT2D eigenvalue weighted by Gasteiger charge is 2.32. The van der Waals surface area contributed by atoms with Crippen molar-refractivity contribution in [3.05, 3.63) is 113 Å². The number of hydrogen-bond acceptors (Lipinski definition) is 2. The minimum Gasteiger partial charge on any atom is -0.488 e. The topological polar surface area (TPSA) is 12.5 Å². The largest absolute Gasteiger partial charge is 0.488 e. The van der Waals surface area contributed by atoms with Crippen LogP contribution in [0, 0.1) is 0 Å². The van der Waals surface area contributed by atoms with Gasteiger partial charge in [0.1, 0.15) is 11.9 Å². The van der Waals surface area contributed by atoms with Gasteiger partial charge < -0.3 is 4.74 Å². The smallest absolute Gasteiger partial charge is 0.416 e. The molecular weight excluding hydrogens is 411 g/mol. The summed E-state index contributed by atoms with van der Waals surface area (Å²) in [6, 6.07) is 25.9. The molecule has 2 atom stereocenters. The Morgan fingerprint density at radius 3 is 1.88 bits per heavy atom. The minimum absolute atomic E-state index is 0.0697. The lowest BCUT2D eigenvalue weighted by atomic mass is 10.1. The number of halogens is 3. The van der Waals surface area contributed by atoms with E-state index in [-0.39, 0.29) is 12.1 Å². The molecule has 0 aromatic heterocycles. The molecule has 32 heavy (non-hydrogen) atoms. The zero-order valence-electron chi connectivity index (χ0n) is 17.9. The van der Waals surface area contributed by atoms with Gasteiger partial charge in [-0.1, -0.05) is 72.8 Å². The van der Waals surface area contributed by atoms with E-state index in [0.717, 1.165) is 31.6 Å². The summed E-state index contributed by atoms with van der Waals surface area (Å²) in [5.74, 6) is 0.648. The fourth-order valence-electron chi connectivity index (χ4n) is 4.00. The van der Waals surface area contributed by atoms with Crippen LogP contribution in [0.1, 0.15) is 35.6 Å². The Hall–Kier alpha value is -3.05. The molecule has 0 N–H and O–H groups in total. The van der Waals surface area contributed by atoms with Crippen molar-refractivity contribution in [1.29, 1.82) is 0 Å². The molecule has 3 aromatic carbocycles. The van der Waals surface area contributed by atoms with Crippen molar-refractivity contribution in [3.8, 4) is 0 Å². The normalized spacial score (nSPS) is 17.2. The molecule has 1 aliphatic rings. The summed E-state index contributed by atoms with van der Waals surface area (Å²) in [4.78, 5) is 2.39. The summed E-state index contributed by atoms with van der Waals surface area (Å²) in [5, 5.41) is 0. The zero-order valence-corrected chi connectivity index (χ0v) is 17.9. The molecule has 0 radical (unpaired) electrons. The molecule has 1 heterocycles. The Morgan fingerprint density at radius 2 is 1.38 bits per heavy atom. The lowest BCUT2D eigenvalue weighted by Gasteiger charge is -2.33. The number of rotatable bonds is 7. The molecule has 0 spiro atoms. The second kappa shape index (κ2) is 9.61. The van der Waals surface area contributed by atoms with Gasteiger partial charge in [0.05, 0.1) is 5.56 Å². The molecule has 0 saturated carbocycles. The van der Waals surface area contributed by atoms with Gasteiger partial charge in [-0.3, -0.25) is 4.90 Å². The van der Waals surface area contributed by atoms with E-state index in [2.05, 4.69) is 36.1 Å². The second-order valence-electron chi connectivity index (χ2n) is 8.15. The average molecular weight is 438 g/mol. The molecule has 166 valence electrons. The Bertz CT molecular complexity index is 989. The Labute approximate surface area is 187 Å². The lowest BCUT2D eigenvalue weighted by Crippen LogP contribution is -2.40. The molecule has 0 unspecified atom stereocenters. The van der Waals surface area contributed by atoms with Gasteiger partial charge in [0.15, 0.2) is 0 Å². The van der Waals surface area contributed by atoms with Crippen LogP contribution in [0.3, 0.4) is 0 Å². The maximum absolute atomic E-state index is 12.9. The van der Waals surface area contributed by atoms with E-state index in [9.17, 15) is 13.2 Å². The summed E-state index contributed by atoms with van der Waals surface area (Å²) in [7, 11) is 0. The molecule has 5 heteroatoms. The number of ether oxygens (including phenoxy) is 1. The van der Waals surface area contributed by atoms with Crippen LogP contribution < -0.4 is 0 Å². The van der Waals surface area contributed by atoms with E-state index >= 15 is 0 Å². The predicted molar refractivity (Wildman–Crippen MR) is 121 cm³/mol. The van der Waals surface area contributed by atoms with E-state index < -0.39 is 11.7 Å². The fourth-order valence-corrected chi connectivity index (χ4v) is 4.00. The third kappa shape index (κ3) is 5.40. The van der Waals surface area contributed by atoms with Gasteiger partial charge in [0.2, 0.25) is 0 Å². The minimum atomic E-state index is -4.34. The number of nitrogens with zero attached hydrogens (tertiary/aromatic N) is 1. The van der Waals surface area contributed by atoms with Crippen LogP contribution in [0.25, 0.3) is 5.76 Å². The summed E-state index contributed by atoms with van der Waals surface area (Å²) < 4.78 is 44.8. The Morgan fingerprint density at radius 1 is 0.844 bits per heavy atom. The molecule has 0 amide bonds. The number of hydrogen-bond donors (Lipinski definition) is 0. The van der Waals surface area contributed by atoms with Gasteiger partial charge >= 0.3 is 6.18 Å². The first-order valence-electron chi connectivity index (χ1n) is 10.8. The SMILES string of the molecule is C[C@@H]([C@@H]1CC=C(c2ccc(C(F)(F)F)cc2)O1)N(Cc1ccccc1)Cc1ccccc1. The van der Waals surface area contributed by atoms with E-state index in [4.69, 9.17) is 4.74 Å². The molecular formula is C27H26F3NO. The molecule has 4 rings (SSSR count). The third-order valence-corrected chi connectivity index (χ3v) is 5.88. The standard InChI is InChI=1S/C27H26F3NO/c1-20(25-16-17-26(32-25)23-12-14-24(15-13-23)27(28,29)30)31(18-21-8-4-2-5-9-21)19-22-10-6-3-7-11-22/h2-15,17,20,25H,16,18-19H2,1H3/t20-,25-/m0/s1. The maximum Gasteiger partial charge on any atom is 0.416 e. The first-order chi connectivity index (χ1) is 15.4. The van der Waals surface area contributed by atoms with E-state index in [1.54, 1.807) is 0 Å². The van der Waals surface area contributed by atoms with Crippen molar-refractivity contribution in [2.75, 3.05) is 0 Å². The summed E-state index contributed by atoms with van der Waals surface area (Å²) in [5.41, 5.74) is 2.47. The first kappa shape index (κ1) is 22.2. The van der Waals surface area contributed by atoms with Crippen LogP contribution >= 0.6 is 0 Å². The molecule has 1 aliphatic heterocycles. The number of alkyl halides is 3. The first-order valence-corrected chi connectivity index (χ1v) is 10.8. The summed E-state index contributed by atoms with van der Waals surface area (Å²) in [6.07, 6.45) is -1.71.